The summed E-state index contributed by atoms with van der Waals surface area (Å²) >= 11 is 0. The fraction of sp³-hybridized carbons (Fsp3) is 0.250. The van der Waals surface area contributed by atoms with Crippen LogP contribution in [0.5, 0.6) is 11.5 Å². The van der Waals surface area contributed by atoms with Crippen LogP contribution in [0.15, 0.2) is 60.9 Å². The first-order valence-corrected chi connectivity index (χ1v) is 10.2. The molecule has 4 rings (SSSR count). The van der Waals surface area contributed by atoms with Crippen LogP contribution in [0, 0.1) is 0 Å². The molecule has 0 saturated carbocycles. The highest BCUT2D eigenvalue weighted by molar-refractivity contribution is 5.91. The normalized spacial score (nSPS) is 16.2. The number of aryl methyl sites for hydroxylation is 1. The van der Waals surface area contributed by atoms with Gasteiger partial charge in [-0.1, -0.05) is 18.2 Å². The zero-order valence-corrected chi connectivity index (χ0v) is 16.9. The Labute approximate surface area is 180 Å². The van der Waals surface area contributed by atoms with Crippen molar-refractivity contribution in [2.45, 2.75) is 25.0 Å². The van der Waals surface area contributed by atoms with Gasteiger partial charge in [-0.3, -0.25) is 4.98 Å². The first-order chi connectivity index (χ1) is 15.0. The van der Waals surface area contributed by atoms with Gasteiger partial charge in [0.2, 0.25) is 0 Å². The minimum atomic E-state index is -1.16. The molecule has 160 valence electrons. The number of benzene rings is 2. The van der Waals surface area contributed by atoms with Gasteiger partial charge in [-0.2, -0.15) is 0 Å². The number of aromatic hydroxyl groups is 1. The Morgan fingerprint density at radius 1 is 1.19 bits per heavy atom. The molecule has 7 nitrogen and oxygen atoms in total. The zero-order valence-electron chi connectivity index (χ0n) is 16.9. The van der Waals surface area contributed by atoms with Gasteiger partial charge in [0.25, 0.3) is 0 Å². The number of aliphatic hydroxyl groups excluding tert-OH is 1. The Morgan fingerprint density at radius 2 is 2.00 bits per heavy atom. The van der Waals surface area contributed by atoms with Gasteiger partial charge < -0.3 is 25.4 Å². The van der Waals surface area contributed by atoms with Gasteiger partial charge in [-0.15, -0.1) is 0 Å². The standard InChI is InChI=1S/C24H24N2O5/c27-21-11-16(4-7-20(21)24(29)30)15-5-8-23-17(10-15)3-6-19(31-23)13-26-14-22(28)18-2-1-9-25-12-18/h1-2,4-5,7-12,19,22,26-28H,3,6,13-14H2,(H,29,30)/t19-,22-/m0/s1. The minimum absolute atomic E-state index is 0.0124. The molecule has 3 aromatic rings. The van der Waals surface area contributed by atoms with Crippen LogP contribution in [0.2, 0.25) is 0 Å². The van der Waals surface area contributed by atoms with Crippen LogP contribution >= 0.6 is 0 Å². The van der Waals surface area contributed by atoms with E-state index in [9.17, 15) is 15.0 Å². The highest BCUT2D eigenvalue weighted by atomic mass is 16.5. The molecule has 4 N–H and O–H groups in total. The van der Waals surface area contributed by atoms with Gasteiger partial charge in [0.15, 0.2) is 0 Å². The molecule has 1 aromatic heterocycles. The molecule has 2 atom stereocenters. The third-order valence-corrected chi connectivity index (χ3v) is 5.43. The number of ether oxygens (including phenoxy) is 1. The number of hydrogen-bond donors (Lipinski definition) is 4. The van der Waals surface area contributed by atoms with Crippen molar-refractivity contribution >= 4 is 5.97 Å². The average molecular weight is 420 g/mol. The van der Waals surface area contributed by atoms with E-state index in [1.165, 1.54) is 12.1 Å². The maximum atomic E-state index is 11.1. The van der Waals surface area contributed by atoms with E-state index in [-0.39, 0.29) is 17.4 Å². The lowest BCUT2D eigenvalue weighted by Gasteiger charge is -2.27. The molecule has 0 radical (unpaired) electrons. The molecule has 0 unspecified atom stereocenters. The molecule has 0 saturated heterocycles. The Morgan fingerprint density at radius 3 is 2.74 bits per heavy atom. The van der Waals surface area contributed by atoms with Crippen molar-refractivity contribution in [3.63, 3.8) is 0 Å². The molecule has 1 aliphatic heterocycles. The number of aromatic nitrogens is 1. The molecule has 2 aromatic carbocycles. The summed E-state index contributed by atoms with van der Waals surface area (Å²) in [6, 6.07) is 14.0. The van der Waals surface area contributed by atoms with E-state index < -0.39 is 12.1 Å². The molecule has 7 heteroatoms. The van der Waals surface area contributed by atoms with Crippen LogP contribution in [0.4, 0.5) is 0 Å². The fourth-order valence-corrected chi connectivity index (χ4v) is 3.73. The van der Waals surface area contributed by atoms with Gasteiger partial charge >= 0.3 is 5.97 Å². The summed E-state index contributed by atoms with van der Waals surface area (Å²) < 4.78 is 6.10. The number of carboxylic acid groups (broad SMARTS) is 1. The predicted octanol–water partition coefficient (Wildman–Crippen LogP) is 3.17. The lowest BCUT2D eigenvalue weighted by Crippen LogP contribution is -2.36. The number of pyridine rings is 1. The topological polar surface area (TPSA) is 112 Å². The van der Waals surface area contributed by atoms with Crippen LogP contribution in [-0.4, -0.2) is 45.5 Å². The highest BCUT2D eigenvalue weighted by Crippen LogP contribution is 2.33. The number of hydrogen-bond acceptors (Lipinski definition) is 6. The Balaban J connectivity index is 1.36. The Kier molecular flexibility index (Phi) is 6.16. The van der Waals surface area contributed by atoms with Gasteiger partial charge in [-0.25, -0.2) is 4.79 Å². The fourth-order valence-electron chi connectivity index (χ4n) is 3.73. The molecule has 0 amide bonds. The van der Waals surface area contributed by atoms with E-state index in [1.807, 2.05) is 24.3 Å². The summed E-state index contributed by atoms with van der Waals surface area (Å²) in [6.45, 7) is 1.05. The second-order valence-corrected chi connectivity index (χ2v) is 7.60. The molecule has 0 fully saturated rings. The van der Waals surface area contributed by atoms with E-state index >= 15 is 0 Å². The van der Waals surface area contributed by atoms with E-state index in [0.29, 0.717) is 13.1 Å². The largest absolute Gasteiger partial charge is 0.507 e. The molecule has 31 heavy (non-hydrogen) atoms. The number of aliphatic hydroxyl groups is 1. The lowest BCUT2D eigenvalue weighted by molar-refractivity contribution is 0.0693. The maximum Gasteiger partial charge on any atom is 0.339 e. The van der Waals surface area contributed by atoms with Crippen LogP contribution < -0.4 is 10.1 Å². The number of aromatic carboxylic acids is 1. The van der Waals surface area contributed by atoms with Gasteiger partial charge in [-0.05, 0) is 59.9 Å². The first kappa shape index (κ1) is 20.8. The van der Waals surface area contributed by atoms with E-state index in [2.05, 4.69) is 10.3 Å². The first-order valence-electron chi connectivity index (χ1n) is 10.2. The molecular formula is C24H24N2O5. The Hall–Kier alpha value is -3.42. The highest BCUT2D eigenvalue weighted by Gasteiger charge is 2.21. The van der Waals surface area contributed by atoms with E-state index in [4.69, 9.17) is 9.84 Å². The third-order valence-electron chi connectivity index (χ3n) is 5.43. The van der Waals surface area contributed by atoms with Crippen molar-refractivity contribution < 1.29 is 24.9 Å². The third kappa shape index (κ3) is 4.84. The minimum Gasteiger partial charge on any atom is -0.507 e. The molecule has 2 heterocycles. The quantitative estimate of drug-likeness (QED) is 0.464. The summed E-state index contributed by atoms with van der Waals surface area (Å²) in [7, 11) is 0. The summed E-state index contributed by atoms with van der Waals surface area (Å²) in [5, 5.41) is 32.5. The van der Waals surface area contributed by atoms with Crippen molar-refractivity contribution in [1.29, 1.82) is 0 Å². The van der Waals surface area contributed by atoms with E-state index in [0.717, 1.165) is 40.8 Å². The molecular weight excluding hydrogens is 396 g/mol. The van der Waals surface area contributed by atoms with E-state index in [1.54, 1.807) is 24.5 Å². The van der Waals surface area contributed by atoms with Crippen LogP contribution in [0.3, 0.4) is 0 Å². The van der Waals surface area contributed by atoms with Crippen LogP contribution in [0.25, 0.3) is 11.1 Å². The Bertz CT molecular complexity index is 1070. The molecule has 1 aliphatic rings. The number of nitrogens with zero attached hydrogens (tertiary/aromatic N) is 1. The maximum absolute atomic E-state index is 11.1. The van der Waals surface area contributed by atoms with Gasteiger partial charge in [0, 0.05) is 31.0 Å². The number of rotatable bonds is 7. The molecule has 0 bridgehead atoms. The van der Waals surface area contributed by atoms with Gasteiger partial charge in [0.1, 0.15) is 23.2 Å². The van der Waals surface area contributed by atoms with Crippen LogP contribution in [0.1, 0.15) is 34.0 Å². The number of carboxylic acids is 1. The smallest absolute Gasteiger partial charge is 0.339 e. The van der Waals surface area contributed by atoms with Crippen molar-refractivity contribution in [3.8, 4) is 22.6 Å². The second-order valence-electron chi connectivity index (χ2n) is 7.60. The van der Waals surface area contributed by atoms with Crippen molar-refractivity contribution in [3.05, 3.63) is 77.6 Å². The summed E-state index contributed by atoms with van der Waals surface area (Å²) in [5.41, 5.74) is 3.38. The molecule has 0 spiro atoms. The summed E-state index contributed by atoms with van der Waals surface area (Å²) in [6.07, 6.45) is 4.42. The predicted molar refractivity (Wildman–Crippen MR) is 115 cm³/mol. The summed E-state index contributed by atoms with van der Waals surface area (Å²) in [5.74, 6) is -0.588. The lowest BCUT2D eigenvalue weighted by atomic mass is 9.96. The van der Waals surface area contributed by atoms with Gasteiger partial charge in [0.05, 0.1) is 6.10 Å². The summed E-state index contributed by atoms with van der Waals surface area (Å²) in [4.78, 5) is 15.1. The number of nitrogens with one attached hydrogen (secondary N) is 1. The number of fused-ring (bicyclic) bond motifs is 1. The van der Waals surface area contributed by atoms with Crippen molar-refractivity contribution in [2.24, 2.45) is 0 Å². The van der Waals surface area contributed by atoms with Crippen molar-refractivity contribution in [2.75, 3.05) is 13.1 Å². The zero-order chi connectivity index (χ0) is 21.8. The monoisotopic (exact) mass is 420 g/mol. The van der Waals surface area contributed by atoms with Crippen molar-refractivity contribution in [1.82, 2.24) is 10.3 Å². The number of carbonyl (C=O) groups is 1. The SMILES string of the molecule is O=C(O)c1ccc(-c2ccc3c(c2)CC[C@@H](CNC[C@H](O)c2cccnc2)O3)cc1O. The number of phenols is 1. The molecule has 0 aliphatic carbocycles. The van der Waals surface area contributed by atoms with Crippen LogP contribution in [-0.2, 0) is 6.42 Å². The average Bonchev–Trinajstić information content (AvgIpc) is 2.79. The second kappa shape index (κ2) is 9.16.